The number of fused-ring (bicyclic) bond motifs is 1. The minimum Gasteiger partial charge on any atom is -0.507 e. The van der Waals surface area contributed by atoms with E-state index in [1.54, 1.807) is 6.07 Å². The number of phenols is 1. The second-order valence-corrected chi connectivity index (χ2v) is 7.64. The van der Waals surface area contributed by atoms with E-state index in [1.807, 2.05) is 32.0 Å². The van der Waals surface area contributed by atoms with Gasteiger partial charge in [-0.2, -0.15) is 0 Å². The first-order chi connectivity index (χ1) is 12.4. The van der Waals surface area contributed by atoms with Gasteiger partial charge in [0.1, 0.15) is 5.75 Å². The highest BCUT2D eigenvalue weighted by atomic mass is 16.3. The van der Waals surface area contributed by atoms with Gasteiger partial charge in [0.05, 0.1) is 5.69 Å². The monoisotopic (exact) mass is 348 g/mol. The van der Waals surface area contributed by atoms with Gasteiger partial charge in [0, 0.05) is 28.8 Å². The van der Waals surface area contributed by atoms with Crippen LogP contribution < -0.4 is 11.1 Å². The molecule has 4 nitrogen and oxygen atoms in total. The van der Waals surface area contributed by atoms with Gasteiger partial charge in [-0.15, -0.1) is 0 Å². The Morgan fingerprint density at radius 1 is 1.12 bits per heavy atom. The van der Waals surface area contributed by atoms with Gasteiger partial charge in [-0.25, -0.2) is 0 Å². The standard InChI is InChI=1S/C22H24N2O2/c1-12(2)21-18-10-17(20(25)11-19(18)24-22(21)26)14-5-3-13(4-6-14)15-7-8-16(23)9-15/h3-6,10-11,15-16,25H,7-9,23H2,1-2H3,(H,24,26)/t15-,16+/m0/s1. The normalized spacial score (nSPS) is 21.7. The lowest BCUT2D eigenvalue weighted by molar-refractivity contribution is -0.110. The summed E-state index contributed by atoms with van der Waals surface area (Å²) in [7, 11) is 0. The molecule has 2 aliphatic rings. The summed E-state index contributed by atoms with van der Waals surface area (Å²) in [6.45, 7) is 3.86. The molecular formula is C22H24N2O2. The minimum absolute atomic E-state index is 0.107. The van der Waals surface area contributed by atoms with Crippen molar-refractivity contribution in [1.29, 1.82) is 0 Å². The number of carbonyl (C=O) groups is 1. The van der Waals surface area contributed by atoms with Crippen molar-refractivity contribution >= 4 is 17.2 Å². The van der Waals surface area contributed by atoms with E-state index in [0.717, 1.165) is 41.5 Å². The van der Waals surface area contributed by atoms with Crippen molar-refractivity contribution in [2.24, 2.45) is 5.73 Å². The van der Waals surface area contributed by atoms with Crippen LogP contribution in [0.5, 0.6) is 5.75 Å². The second kappa shape index (κ2) is 6.29. The first-order valence-corrected chi connectivity index (χ1v) is 9.16. The molecule has 0 bridgehead atoms. The summed E-state index contributed by atoms with van der Waals surface area (Å²) in [5, 5.41) is 13.3. The molecule has 1 amide bonds. The Bertz CT molecular complexity index is 908. The van der Waals surface area contributed by atoms with E-state index in [1.165, 1.54) is 5.56 Å². The van der Waals surface area contributed by atoms with E-state index < -0.39 is 0 Å². The second-order valence-electron chi connectivity index (χ2n) is 7.64. The number of benzene rings is 2. The Morgan fingerprint density at radius 2 is 1.85 bits per heavy atom. The van der Waals surface area contributed by atoms with Crippen LogP contribution in [0.2, 0.25) is 0 Å². The SMILES string of the molecule is CC(C)=C1C(=O)Nc2cc(O)c(-c3ccc([C@H]4CC[C@@H](N)C4)cc3)cc21. The van der Waals surface area contributed by atoms with Crippen molar-refractivity contribution in [3.8, 4) is 16.9 Å². The molecule has 0 spiro atoms. The predicted octanol–water partition coefficient (Wildman–Crippen LogP) is 4.40. The summed E-state index contributed by atoms with van der Waals surface area (Å²) < 4.78 is 0. The third-order valence-electron chi connectivity index (χ3n) is 5.55. The molecule has 0 radical (unpaired) electrons. The molecular weight excluding hydrogens is 324 g/mol. The number of phenolic OH excluding ortho intramolecular Hbond substituents is 1. The number of anilines is 1. The van der Waals surface area contributed by atoms with E-state index in [-0.39, 0.29) is 11.7 Å². The Labute approximate surface area is 153 Å². The van der Waals surface area contributed by atoms with Crippen molar-refractivity contribution in [3.63, 3.8) is 0 Å². The summed E-state index contributed by atoms with van der Waals surface area (Å²) in [6, 6.07) is 12.2. The summed E-state index contributed by atoms with van der Waals surface area (Å²) in [4.78, 5) is 12.2. The molecule has 4 rings (SSSR count). The molecule has 2 aromatic carbocycles. The zero-order valence-electron chi connectivity index (χ0n) is 15.2. The molecule has 0 unspecified atom stereocenters. The number of hydrogen-bond acceptors (Lipinski definition) is 3. The van der Waals surface area contributed by atoms with Crippen LogP contribution in [0.4, 0.5) is 5.69 Å². The maximum absolute atomic E-state index is 12.2. The van der Waals surface area contributed by atoms with Gasteiger partial charge in [0.15, 0.2) is 0 Å². The topological polar surface area (TPSA) is 75.3 Å². The third-order valence-corrected chi connectivity index (χ3v) is 5.55. The van der Waals surface area contributed by atoms with Crippen LogP contribution >= 0.6 is 0 Å². The molecule has 134 valence electrons. The third kappa shape index (κ3) is 2.80. The molecule has 4 N–H and O–H groups in total. The summed E-state index contributed by atoms with van der Waals surface area (Å²) >= 11 is 0. The average molecular weight is 348 g/mol. The smallest absolute Gasteiger partial charge is 0.256 e. The summed E-state index contributed by atoms with van der Waals surface area (Å²) in [5.41, 5.74) is 12.2. The van der Waals surface area contributed by atoms with Crippen LogP contribution in [0, 0.1) is 0 Å². The highest BCUT2D eigenvalue weighted by molar-refractivity contribution is 6.32. The van der Waals surface area contributed by atoms with Gasteiger partial charge in [0.2, 0.25) is 0 Å². The zero-order valence-corrected chi connectivity index (χ0v) is 15.2. The number of allylic oxidation sites excluding steroid dienone is 1. The maximum Gasteiger partial charge on any atom is 0.256 e. The van der Waals surface area contributed by atoms with E-state index in [2.05, 4.69) is 17.4 Å². The van der Waals surface area contributed by atoms with Crippen LogP contribution in [0.1, 0.15) is 50.2 Å². The molecule has 2 atom stereocenters. The maximum atomic E-state index is 12.2. The fraction of sp³-hybridized carbons (Fsp3) is 0.318. The van der Waals surface area contributed by atoms with Crippen molar-refractivity contribution in [2.45, 2.75) is 45.1 Å². The van der Waals surface area contributed by atoms with Gasteiger partial charge < -0.3 is 16.2 Å². The van der Waals surface area contributed by atoms with Gasteiger partial charge in [0.25, 0.3) is 5.91 Å². The van der Waals surface area contributed by atoms with Crippen LogP contribution in [0.25, 0.3) is 16.7 Å². The number of hydrogen-bond donors (Lipinski definition) is 3. The first-order valence-electron chi connectivity index (χ1n) is 9.16. The number of aromatic hydroxyl groups is 1. The van der Waals surface area contributed by atoms with E-state index >= 15 is 0 Å². The van der Waals surface area contributed by atoms with Gasteiger partial charge in [-0.3, -0.25) is 4.79 Å². The van der Waals surface area contributed by atoms with E-state index in [4.69, 9.17) is 5.73 Å². The fourth-order valence-corrected chi connectivity index (χ4v) is 4.19. The molecule has 1 aliphatic carbocycles. The first kappa shape index (κ1) is 16.9. The van der Waals surface area contributed by atoms with Gasteiger partial charge >= 0.3 is 0 Å². The Hall–Kier alpha value is -2.59. The predicted molar refractivity (Wildman–Crippen MR) is 105 cm³/mol. The van der Waals surface area contributed by atoms with Crippen molar-refractivity contribution in [1.82, 2.24) is 0 Å². The molecule has 1 fully saturated rings. The van der Waals surface area contributed by atoms with E-state index in [0.29, 0.717) is 23.2 Å². The summed E-state index contributed by atoms with van der Waals surface area (Å²) in [6.07, 6.45) is 3.27. The fourth-order valence-electron chi connectivity index (χ4n) is 4.19. The van der Waals surface area contributed by atoms with Gasteiger partial charge in [-0.1, -0.05) is 29.8 Å². The quantitative estimate of drug-likeness (QED) is 0.704. The Kier molecular flexibility index (Phi) is 4.08. The summed E-state index contributed by atoms with van der Waals surface area (Å²) in [5.74, 6) is 0.603. The average Bonchev–Trinajstić information content (AvgIpc) is 3.16. The number of nitrogens with two attached hydrogens (primary N) is 1. The van der Waals surface area contributed by atoms with Crippen LogP contribution in [0.15, 0.2) is 42.0 Å². The molecule has 4 heteroatoms. The van der Waals surface area contributed by atoms with Crippen LogP contribution in [-0.2, 0) is 4.79 Å². The van der Waals surface area contributed by atoms with E-state index in [9.17, 15) is 9.90 Å². The number of nitrogens with one attached hydrogen (secondary N) is 1. The number of amides is 1. The lowest BCUT2D eigenvalue weighted by Gasteiger charge is -2.12. The number of carbonyl (C=O) groups excluding carboxylic acids is 1. The van der Waals surface area contributed by atoms with Crippen LogP contribution in [0.3, 0.4) is 0 Å². The highest BCUT2D eigenvalue weighted by Gasteiger charge is 2.27. The molecule has 0 saturated heterocycles. The highest BCUT2D eigenvalue weighted by Crippen LogP contribution is 2.42. The Balaban J connectivity index is 1.71. The zero-order chi connectivity index (χ0) is 18.4. The van der Waals surface area contributed by atoms with Gasteiger partial charge in [-0.05, 0) is 56.2 Å². The van der Waals surface area contributed by atoms with Crippen molar-refractivity contribution in [2.75, 3.05) is 5.32 Å². The Morgan fingerprint density at radius 3 is 2.46 bits per heavy atom. The molecule has 1 saturated carbocycles. The minimum atomic E-state index is -0.107. The molecule has 0 aromatic heterocycles. The molecule has 2 aromatic rings. The molecule has 1 heterocycles. The molecule has 1 aliphatic heterocycles. The lowest BCUT2D eigenvalue weighted by Crippen LogP contribution is -2.14. The van der Waals surface area contributed by atoms with Crippen molar-refractivity contribution in [3.05, 3.63) is 53.1 Å². The van der Waals surface area contributed by atoms with Crippen LogP contribution in [-0.4, -0.2) is 17.1 Å². The lowest BCUT2D eigenvalue weighted by atomic mass is 9.93. The number of rotatable bonds is 2. The largest absolute Gasteiger partial charge is 0.507 e. The van der Waals surface area contributed by atoms with Crippen molar-refractivity contribution < 1.29 is 9.90 Å². The molecule has 26 heavy (non-hydrogen) atoms.